The molecule has 174 valence electrons. The lowest BCUT2D eigenvalue weighted by Gasteiger charge is -2.19. The van der Waals surface area contributed by atoms with Crippen molar-refractivity contribution in [1.29, 1.82) is 0 Å². The molecule has 6 nitrogen and oxygen atoms in total. The van der Waals surface area contributed by atoms with E-state index in [4.69, 9.17) is 14.2 Å². The van der Waals surface area contributed by atoms with Crippen LogP contribution < -0.4 is 19.5 Å². The first-order valence-electron chi connectivity index (χ1n) is 11.0. The molecule has 1 amide bonds. The quantitative estimate of drug-likeness (QED) is 0.354. The van der Waals surface area contributed by atoms with Gasteiger partial charge in [-0.2, -0.15) is 0 Å². The van der Waals surface area contributed by atoms with Crippen LogP contribution in [0.15, 0.2) is 72.9 Å². The molecule has 1 N–H and O–H groups in total. The Labute approximate surface area is 199 Å². The van der Waals surface area contributed by atoms with Crippen molar-refractivity contribution in [2.75, 3.05) is 19.5 Å². The Morgan fingerprint density at radius 2 is 1.47 bits per heavy atom. The number of fused-ring (bicyclic) bond motifs is 1. The molecule has 0 aliphatic rings. The second-order valence-electron chi connectivity index (χ2n) is 8.94. The number of benzene rings is 3. The average molecular weight is 457 g/mol. The normalized spacial score (nSPS) is 11.2. The van der Waals surface area contributed by atoms with E-state index < -0.39 is 0 Å². The Bertz CT molecular complexity index is 1310. The van der Waals surface area contributed by atoms with Gasteiger partial charge in [0.05, 0.1) is 19.7 Å². The fourth-order valence-electron chi connectivity index (χ4n) is 3.59. The molecule has 4 rings (SSSR count). The minimum atomic E-state index is -0.157. The second-order valence-corrected chi connectivity index (χ2v) is 8.94. The highest BCUT2D eigenvalue weighted by Crippen LogP contribution is 2.37. The van der Waals surface area contributed by atoms with Gasteiger partial charge < -0.3 is 19.5 Å². The first kappa shape index (κ1) is 23.1. The minimum absolute atomic E-state index is 0.0438. The number of hydrogen-bond acceptors (Lipinski definition) is 5. The van der Waals surface area contributed by atoms with E-state index in [1.54, 1.807) is 26.5 Å². The lowest BCUT2D eigenvalue weighted by molar-refractivity contribution is 0.102. The van der Waals surface area contributed by atoms with Gasteiger partial charge in [-0.15, -0.1) is 0 Å². The molecule has 0 aliphatic heterocycles. The number of anilines is 1. The zero-order valence-electron chi connectivity index (χ0n) is 20.0. The summed E-state index contributed by atoms with van der Waals surface area (Å²) in [7, 11) is 3.18. The predicted octanol–water partition coefficient (Wildman–Crippen LogP) is 6.59. The molecule has 0 atom stereocenters. The summed E-state index contributed by atoms with van der Waals surface area (Å²) in [5, 5.41) is 3.73. The summed E-state index contributed by atoms with van der Waals surface area (Å²) in [4.78, 5) is 17.0. The molecule has 0 unspecified atom stereocenters. The van der Waals surface area contributed by atoms with E-state index in [1.807, 2.05) is 60.7 Å². The Balaban J connectivity index is 1.49. The number of carbonyl (C=O) groups is 1. The summed E-state index contributed by atoms with van der Waals surface area (Å²) < 4.78 is 16.9. The van der Waals surface area contributed by atoms with Crippen molar-refractivity contribution < 1.29 is 19.0 Å². The number of carbonyl (C=O) groups excluding carboxylic acids is 1. The van der Waals surface area contributed by atoms with Gasteiger partial charge in [0.2, 0.25) is 0 Å². The third-order valence-corrected chi connectivity index (χ3v) is 5.56. The van der Waals surface area contributed by atoms with E-state index in [2.05, 4.69) is 31.1 Å². The number of aromatic nitrogens is 1. The molecule has 34 heavy (non-hydrogen) atoms. The SMILES string of the molecule is COc1cc2nccc(Oc3ccc(NC(=O)c4ccc(C(C)(C)C)cc4)cc3)c2cc1OC. The van der Waals surface area contributed by atoms with Crippen LogP contribution in [-0.2, 0) is 5.41 Å². The molecule has 0 aliphatic carbocycles. The summed E-state index contributed by atoms with van der Waals surface area (Å²) in [5.41, 5.74) is 3.26. The van der Waals surface area contributed by atoms with Gasteiger partial charge in [-0.05, 0) is 59.5 Å². The van der Waals surface area contributed by atoms with Gasteiger partial charge in [-0.3, -0.25) is 9.78 Å². The van der Waals surface area contributed by atoms with E-state index in [0.717, 1.165) is 10.9 Å². The van der Waals surface area contributed by atoms with Gasteiger partial charge in [0, 0.05) is 28.9 Å². The smallest absolute Gasteiger partial charge is 0.255 e. The zero-order valence-corrected chi connectivity index (χ0v) is 20.0. The number of methoxy groups -OCH3 is 2. The number of nitrogens with one attached hydrogen (secondary N) is 1. The van der Waals surface area contributed by atoms with E-state index in [9.17, 15) is 4.79 Å². The first-order chi connectivity index (χ1) is 16.3. The molecule has 0 saturated carbocycles. The fourth-order valence-corrected chi connectivity index (χ4v) is 3.59. The number of amides is 1. The average Bonchev–Trinajstić information content (AvgIpc) is 2.84. The summed E-state index contributed by atoms with van der Waals surface area (Å²) in [6, 6.07) is 20.4. The topological polar surface area (TPSA) is 69.7 Å². The number of pyridine rings is 1. The zero-order chi connectivity index (χ0) is 24.3. The van der Waals surface area contributed by atoms with Gasteiger partial charge in [0.1, 0.15) is 11.5 Å². The van der Waals surface area contributed by atoms with Gasteiger partial charge in [-0.1, -0.05) is 32.9 Å². The maximum absolute atomic E-state index is 12.6. The fraction of sp³-hybridized carbons (Fsp3) is 0.214. The van der Waals surface area contributed by atoms with Crippen LogP contribution in [0.3, 0.4) is 0 Å². The lowest BCUT2D eigenvalue weighted by Crippen LogP contribution is -2.14. The van der Waals surface area contributed by atoms with Crippen LogP contribution in [0.5, 0.6) is 23.0 Å². The van der Waals surface area contributed by atoms with Crippen LogP contribution in [0, 0.1) is 0 Å². The van der Waals surface area contributed by atoms with E-state index >= 15 is 0 Å². The van der Waals surface area contributed by atoms with Gasteiger partial charge in [0.15, 0.2) is 11.5 Å². The molecule has 1 heterocycles. The molecular weight excluding hydrogens is 428 g/mol. The number of hydrogen-bond donors (Lipinski definition) is 1. The molecule has 6 heteroatoms. The molecular formula is C28H28N2O4. The highest BCUT2D eigenvalue weighted by molar-refractivity contribution is 6.04. The summed E-state index contributed by atoms with van der Waals surface area (Å²) in [5.74, 6) is 2.32. The van der Waals surface area contributed by atoms with Gasteiger partial charge in [0.25, 0.3) is 5.91 Å². The molecule has 0 spiro atoms. The van der Waals surface area contributed by atoms with Crippen molar-refractivity contribution in [3.05, 3.63) is 84.1 Å². The van der Waals surface area contributed by atoms with Crippen LogP contribution in [0.1, 0.15) is 36.7 Å². The number of nitrogens with zero attached hydrogens (tertiary/aromatic N) is 1. The van der Waals surface area contributed by atoms with E-state index in [1.165, 1.54) is 5.56 Å². The molecule has 3 aromatic carbocycles. The van der Waals surface area contributed by atoms with Crippen LogP contribution in [0.4, 0.5) is 5.69 Å². The van der Waals surface area contributed by atoms with E-state index in [-0.39, 0.29) is 11.3 Å². The summed E-state index contributed by atoms with van der Waals surface area (Å²) >= 11 is 0. The lowest BCUT2D eigenvalue weighted by atomic mass is 9.87. The Morgan fingerprint density at radius 3 is 2.09 bits per heavy atom. The Morgan fingerprint density at radius 1 is 0.824 bits per heavy atom. The number of ether oxygens (including phenoxy) is 3. The molecule has 4 aromatic rings. The van der Waals surface area contributed by atoms with Gasteiger partial charge >= 0.3 is 0 Å². The van der Waals surface area contributed by atoms with Crippen molar-refractivity contribution in [2.45, 2.75) is 26.2 Å². The van der Waals surface area contributed by atoms with Crippen LogP contribution in [0.2, 0.25) is 0 Å². The van der Waals surface area contributed by atoms with Crippen molar-refractivity contribution in [2.24, 2.45) is 0 Å². The molecule has 0 fully saturated rings. The first-order valence-corrected chi connectivity index (χ1v) is 11.0. The van der Waals surface area contributed by atoms with Crippen molar-refractivity contribution in [1.82, 2.24) is 4.98 Å². The molecule has 1 aromatic heterocycles. The van der Waals surface area contributed by atoms with E-state index in [0.29, 0.717) is 34.2 Å². The van der Waals surface area contributed by atoms with Gasteiger partial charge in [-0.25, -0.2) is 0 Å². The standard InChI is InChI=1S/C28H28N2O4/c1-28(2,3)19-8-6-18(7-9-19)27(31)30-20-10-12-21(13-11-20)34-24-14-15-29-23-17-26(33-5)25(32-4)16-22(23)24/h6-17H,1-5H3,(H,30,31). The highest BCUT2D eigenvalue weighted by Gasteiger charge is 2.15. The summed E-state index contributed by atoms with van der Waals surface area (Å²) in [6.07, 6.45) is 1.68. The van der Waals surface area contributed by atoms with Crippen LogP contribution in [-0.4, -0.2) is 25.1 Å². The van der Waals surface area contributed by atoms with Crippen LogP contribution >= 0.6 is 0 Å². The molecule has 0 saturated heterocycles. The third-order valence-electron chi connectivity index (χ3n) is 5.56. The van der Waals surface area contributed by atoms with Crippen molar-refractivity contribution in [3.63, 3.8) is 0 Å². The third kappa shape index (κ3) is 4.96. The van der Waals surface area contributed by atoms with Crippen molar-refractivity contribution in [3.8, 4) is 23.0 Å². The maximum atomic E-state index is 12.6. The second kappa shape index (κ2) is 9.43. The Kier molecular flexibility index (Phi) is 6.41. The summed E-state index contributed by atoms with van der Waals surface area (Å²) in [6.45, 7) is 6.44. The number of rotatable bonds is 6. The predicted molar refractivity (Wildman–Crippen MR) is 134 cm³/mol. The minimum Gasteiger partial charge on any atom is -0.493 e. The highest BCUT2D eigenvalue weighted by atomic mass is 16.5. The monoisotopic (exact) mass is 456 g/mol. The molecule has 0 radical (unpaired) electrons. The van der Waals surface area contributed by atoms with Crippen LogP contribution in [0.25, 0.3) is 10.9 Å². The maximum Gasteiger partial charge on any atom is 0.255 e. The molecule has 0 bridgehead atoms. The Hall–Kier alpha value is -4.06. The largest absolute Gasteiger partial charge is 0.493 e. The van der Waals surface area contributed by atoms with Crippen molar-refractivity contribution >= 4 is 22.5 Å².